The molecule has 0 amide bonds. The molecule has 1 unspecified atom stereocenters. The molecule has 0 aliphatic rings. The highest BCUT2D eigenvalue weighted by Crippen LogP contribution is 2.04. The van der Waals surface area contributed by atoms with Crippen LogP contribution in [0.2, 0.25) is 0 Å². The fourth-order valence-corrected chi connectivity index (χ4v) is 1.04. The molecule has 0 N–H and O–H groups in total. The molecule has 0 aromatic heterocycles. The van der Waals surface area contributed by atoms with Crippen molar-refractivity contribution in [3.8, 4) is 0 Å². The Morgan fingerprint density at radius 3 is 2.13 bits per heavy atom. The van der Waals surface area contributed by atoms with Crippen LogP contribution in [0, 0.1) is 5.92 Å². The van der Waals surface area contributed by atoms with E-state index in [1.165, 1.54) is 6.92 Å². The first-order valence-corrected chi connectivity index (χ1v) is 4.82. The maximum atomic E-state index is 11.4. The van der Waals surface area contributed by atoms with Crippen LogP contribution in [-0.2, 0) is 23.9 Å². The Balaban J connectivity index is 4.45. The van der Waals surface area contributed by atoms with Gasteiger partial charge in [-0.1, -0.05) is 0 Å². The van der Waals surface area contributed by atoms with Crippen LogP contribution in [0.15, 0.2) is 0 Å². The average molecular weight is 216 g/mol. The lowest BCUT2D eigenvalue weighted by atomic mass is 10.0. The summed E-state index contributed by atoms with van der Waals surface area (Å²) in [5, 5.41) is 0. The molecule has 0 saturated carbocycles. The summed E-state index contributed by atoms with van der Waals surface area (Å²) in [4.78, 5) is 33.8. The minimum absolute atomic E-state index is 0.143. The lowest BCUT2D eigenvalue weighted by Gasteiger charge is -2.11. The summed E-state index contributed by atoms with van der Waals surface area (Å²) in [5.41, 5.74) is 0. The molecule has 0 spiro atoms. The number of hydrogen-bond acceptors (Lipinski definition) is 5. The van der Waals surface area contributed by atoms with Gasteiger partial charge in [0.2, 0.25) is 0 Å². The second-order valence-electron chi connectivity index (χ2n) is 2.90. The number of hydrogen-bond donors (Lipinski definition) is 0. The van der Waals surface area contributed by atoms with Crippen molar-refractivity contribution in [3.05, 3.63) is 0 Å². The summed E-state index contributed by atoms with van der Waals surface area (Å²) in [5.74, 6) is -3.20. The molecule has 0 fully saturated rings. The molecule has 0 bridgehead atoms. The normalized spacial score (nSPS) is 11.9. The molecule has 0 heterocycles. The van der Waals surface area contributed by atoms with E-state index in [-0.39, 0.29) is 13.2 Å². The summed E-state index contributed by atoms with van der Waals surface area (Å²) in [6, 6.07) is 0. The maximum Gasteiger partial charge on any atom is 0.324 e. The molecule has 5 nitrogen and oxygen atoms in total. The zero-order valence-corrected chi connectivity index (χ0v) is 9.24. The van der Waals surface area contributed by atoms with Crippen molar-refractivity contribution < 1.29 is 23.9 Å². The SMILES string of the molecule is CCOCC(=O)C(C(C)=O)C(=O)OCC. The van der Waals surface area contributed by atoms with Gasteiger partial charge >= 0.3 is 5.97 Å². The van der Waals surface area contributed by atoms with Crippen LogP contribution in [0.25, 0.3) is 0 Å². The van der Waals surface area contributed by atoms with Gasteiger partial charge < -0.3 is 9.47 Å². The predicted octanol–water partition coefficient (Wildman–Crippen LogP) is 0.360. The Kier molecular flexibility index (Phi) is 6.53. The molecule has 0 aromatic carbocycles. The van der Waals surface area contributed by atoms with Gasteiger partial charge in [-0.3, -0.25) is 14.4 Å². The Labute approximate surface area is 88.7 Å². The van der Waals surface area contributed by atoms with Crippen LogP contribution in [0.5, 0.6) is 0 Å². The van der Waals surface area contributed by atoms with E-state index in [2.05, 4.69) is 4.74 Å². The second kappa shape index (κ2) is 7.11. The molecular weight excluding hydrogens is 200 g/mol. The Bertz CT molecular complexity index is 246. The number of esters is 1. The van der Waals surface area contributed by atoms with Crippen molar-refractivity contribution in [2.45, 2.75) is 20.8 Å². The van der Waals surface area contributed by atoms with E-state index in [0.717, 1.165) is 0 Å². The largest absolute Gasteiger partial charge is 0.465 e. The summed E-state index contributed by atoms with van der Waals surface area (Å²) in [6.07, 6.45) is 0. The second-order valence-corrected chi connectivity index (χ2v) is 2.90. The number of carbonyl (C=O) groups excluding carboxylic acids is 3. The Hall–Kier alpha value is -1.23. The van der Waals surface area contributed by atoms with Gasteiger partial charge in [0.15, 0.2) is 17.5 Å². The number of ketones is 2. The third kappa shape index (κ3) is 4.69. The quantitative estimate of drug-likeness (QED) is 0.454. The summed E-state index contributed by atoms with van der Waals surface area (Å²) >= 11 is 0. The smallest absolute Gasteiger partial charge is 0.324 e. The van der Waals surface area contributed by atoms with E-state index in [1.54, 1.807) is 13.8 Å². The molecule has 0 aliphatic heterocycles. The number of ether oxygens (including phenoxy) is 2. The highest BCUT2D eigenvalue weighted by molar-refractivity contribution is 6.16. The van der Waals surface area contributed by atoms with Crippen LogP contribution in [0.3, 0.4) is 0 Å². The molecule has 0 rings (SSSR count). The Morgan fingerprint density at radius 1 is 1.13 bits per heavy atom. The highest BCUT2D eigenvalue weighted by Gasteiger charge is 2.32. The molecule has 0 saturated heterocycles. The lowest BCUT2D eigenvalue weighted by molar-refractivity contribution is -0.155. The zero-order valence-electron chi connectivity index (χ0n) is 9.24. The van der Waals surface area contributed by atoms with Gasteiger partial charge in [-0.15, -0.1) is 0 Å². The predicted molar refractivity (Wildman–Crippen MR) is 52.3 cm³/mol. The third-order valence-electron chi connectivity index (χ3n) is 1.70. The number of Topliss-reactive ketones (excluding diaryl/α,β-unsaturated/α-hetero) is 2. The molecule has 5 heteroatoms. The van der Waals surface area contributed by atoms with Crippen molar-refractivity contribution in [2.24, 2.45) is 5.92 Å². The first-order chi connectivity index (χ1) is 7.04. The summed E-state index contributed by atoms with van der Waals surface area (Å²) < 4.78 is 9.48. The third-order valence-corrected chi connectivity index (χ3v) is 1.70. The van der Waals surface area contributed by atoms with Crippen molar-refractivity contribution in [3.63, 3.8) is 0 Å². The van der Waals surface area contributed by atoms with Crippen molar-refractivity contribution in [1.29, 1.82) is 0 Å². The van der Waals surface area contributed by atoms with Gasteiger partial charge in [0.05, 0.1) is 6.61 Å². The fourth-order valence-electron chi connectivity index (χ4n) is 1.04. The van der Waals surface area contributed by atoms with Crippen LogP contribution in [-0.4, -0.2) is 37.4 Å². The van der Waals surface area contributed by atoms with E-state index >= 15 is 0 Å². The monoisotopic (exact) mass is 216 g/mol. The van der Waals surface area contributed by atoms with Gasteiger partial charge in [0.25, 0.3) is 0 Å². The van der Waals surface area contributed by atoms with Crippen LogP contribution in [0.1, 0.15) is 20.8 Å². The Morgan fingerprint density at radius 2 is 1.73 bits per heavy atom. The average Bonchev–Trinajstić information content (AvgIpc) is 2.14. The molecule has 0 aromatic rings. The van der Waals surface area contributed by atoms with E-state index in [0.29, 0.717) is 6.61 Å². The van der Waals surface area contributed by atoms with Crippen LogP contribution < -0.4 is 0 Å². The maximum absolute atomic E-state index is 11.4. The van der Waals surface area contributed by atoms with Gasteiger partial charge in [0.1, 0.15) is 6.61 Å². The van der Waals surface area contributed by atoms with Crippen molar-refractivity contribution in [1.82, 2.24) is 0 Å². The van der Waals surface area contributed by atoms with Gasteiger partial charge in [-0.2, -0.15) is 0 Å². The molecule has 1 atom stereocenters. The first-order valence-electron chi connectivity index (χ1n) is 4.82. The summed E-state index contributed by atoms with van der Waals surface area (Å²) in [7, 11) is 0. The molecule has 86 valence electrons. The standard InChI is InChI=1S/C10H16O5/c1-4-14-6-8(12)9(7(3)11)10(13)15-5-2/h9H,4-6H2,1-3H3. The van der Waals surface area contributed by atoms with Gasteiger partial charge in [-0.25, -0.2) is 0 Å². The fraction of sp³-hybridized carbons (Fsp3) is 0.700. The molecule has 15 heavy (non-hydrogen) atoms. The molecule has 0 radical (unpaired) electrons. The zero-order chi connectivity index (χ0) is 11.8. The van der Waals surface area contributed by atoms with Gasteiger partial charge in [-0.05, 0) is 20.8 Å². The summed E-state index contributed by atoms with van der Waals surface area (Å²) in [6.45, 7) is 4.79. The van der Waals surface area contributed by atoms with Gasteiger partial charge in [0, 0.05) is 6.61 Å². The van der Waals surface area contributed by atoms with Crippen LogP contribution >= 0.6 is 0 Å². The highest BCUT2D eigenvalue weighted by atomic mass is 16.5. The minimum Gasteiger partial charge on any atom is -0.465 e. The lowest BCUT2D eigenvalue weighted by Crippen LogP contribution is -2.34. The number of rotatable bonds is 7. The minimum atomic E-state index is -1.34. The van der Waals surface area contributed by atoms with E-state index in [1.807, 2.05) is 0 Å². The molecule has 0 aliphatic carbocycles. The van der Waals surface area contributed by atoms with E-state index < -0.39 is 23.5 Å². The number of carbonyl (C=O) groups is 3. The first kappa shape index (κ1) is 13.8. The van der Waals surface area contributed by atoms with E-state index in [4.69, 9.17) is 4.74 Å². The van der Waals surface area contributed by atoms with Crippen molar-refractivity contribution in [2.75, 3.05) is 19.8 Å². The molecular formula is C10H16O5. The van der Waals surface area contributed by atoms with Crippen molar-refractivity contribution >= 4 is 17.5 Å². The topological polar surface area (TPSA) is 69.7 Å². The van der Waals surface area contributed by atoms with Crippen LogP contribution in [0.4, 0.5) is 0 Å². The van der Waals surface area contributed by atoms with E-state index in [9.17, 15) is 14.4 Å².